The lowest BCUT2D eigenvalue weighted by Gasteiger charge is -2.04. The highest BCUT2D eigenvalue weighted by atomic mass is 32.2. The number of carbonyl (C=O) groups excluding carboxylic acids is 1. The largest absolute Gasteiger partial charge is 0.453 e. The fourth-order valence-electron chi connectivity index (χ4n) is 1.50. The Bertz CT molecular complexity index is 634. The summed E-state index contributed by atoms with van der Waals surface area (Å²) in [6.45, 7) is 1.37. The minimum Gasteiger partial charge on any atom is -0.453 e. The second-order valence-electron chi connectivity index (χ2n) is 3.98. The van der Waals surface area contributed by atoms with Crippen LogP contribution in [0.3, 0.4) is 0 Å². The Morgan fingerprint density at radius 3 is 2.53 bits per heavy atom. The lowest BCUT2D eigenvalue weighted by atomic mass is 10.2. The number of Topliss-reactive ketones (excluding diaryl/α,β-unsaturated/α-hetero) is 1. The molecule has 2 rings (SSSR count). The number of carbonyl (C=O) groups is 1. The van der Waals surface area contributed by atoms with Crippen molar-refractivity contribution in [3.63, 3.8) is 0 Å². The molecule has 0 N–H and O–H groups in total. The van der Waals surface area contributed by atoms with E-state index in [1.807, 2.05) is 6.07 Å². The number of sulfone groups is 1. The molecule has 0 saturated carbocycles. The first-order chi connectivity index (χ1) is 7.89. The molecule has 0 spiro atoms. The van der Waals surface area contributed by atoms with Gasteiger partial charge in [0, 0.05) is 11.6 Å². The lowest BCUT2D eigenvalue weighted by Crippen LogP contribution is -2.25. The Kier molecular flexibility index (Phi) is 2.79. The average Bonchev–Trinajstić information content (AvgIpc) is 2.69. The highest BCUT2D eigenvalue weighted by Gasteiger charge is 2.27. The number of ketones is 1. The second-order valence-corrected chi connectivity index (χ2v) is 6.35. The van der Waals surface area contributed by atoms with Crippen molar-refractivity contribution in [2.24, 2.45) is 0 Å². The van der Waals surface area contributed by atoms with E-state index in [1.165, 1.54) is 6.92 Å². The molecule has 0 bridgehead atoms. The van der Waals surface area contributed by atoms with Gasteiger partial charge in [0.1, 0.15) is 10.8 Å². The smallest absolute Gasteiger partial charge is 0.215 e. The van der Waals surface area contributed by atoms with E-state index in [4.69, 9.17) is 4.42 Å². The summed E-state index contributed by atoms with van der Waals surface area (Å²) in [6.07, 6.45) is 1.04. The van der Waals surface area contributed by atoms with Crippen molar-refractivity contribution in [2.75, 3.05) is 6.26 Å². The minimum atomic E-state index is -3.40. The third kappa shape index (κ3) is 2.24. The first kappa shape index (κ1) is 11.9. The quantitative estimate of drug-likeness (QED) is 0.784. The minimum absolute atomic E-state index is 0.0872. The number of rotatable bonds is 3. The van der Waals surface area contributed by atoms with Gasteiger partial charge < -0.3 is 4.42 Å². The maximum absolute atomic E-state index is 11.9. The van der Waals surface area contributed by atoms with Crippen molar-refractivity contribution in [1.82, 2.24) is 0 Å². The van der Waals surface area contributed by atoms with Gasteiger partial charge in [-0.05, 0) is 19.1 Å². The van der Waals surface area contributed by atoms with Crippen molar-refractivity contribution in [3.8, 4) is 0 Å². The predicted molar refractivity (Wildman–Crippen MR) is 64.9 cm³/mol. The van der Waals surface area contributed by atoms with Crippen molar-refractivity contribution in [3.05, 3.63) is 36.1 Å². The normalized spacial score (nSPS) is 13.8. The Balaban J connectivity index is 2.44. The highest BCUT2D eigenvalue weighted by Crippen LogP contribution is 2.21. The zero-order valence-electron chi connectivity index (χ0n) is 9.51. The van der Waals surface area contributed by atoms with E-state index < -0.39 is 20.9 Å². The molecule has 0 radical (unpaired) electrons. The molecule has 17 heavy (non-hydrogen) atoms. The van der Waals surface area contributed by atoms with Gasteiger partial charge in [-0.25, -0.2) is 8.42 Å². The molecular formula is C12H12O4S. The third-order valence-electron chi connectivity index (χ3n) is 2.68. The molecule has 90 valence electrons. The summed E-state index contributed by atoms with van der Waals surface area (Å²) in [6, 6.07) is 8.73. The van der Waals surface area contributed by atoms with Gasteiger partial charge >= 0.3 is 0 Å². The number of furan rings is 1. The zero-order chi connectivity index (χ0) is 12.6. The fourth-order valence-corrected chi connectivity index (χ4v) is 2.00. The number of hydrogen-bond donors (Lipinski definition) is 0. The summed E-state index contributed by atoms with van der Waals surface area (Å²) >= 11 is 0. The van der Waals surface area contributed by atoms with Crippen LogP contribution in [0.5, 0.6) is 0 Å². The van der Waals surface area contributed by atoms with E-state index in [0.29, 0.717) is 5.58 Å². The van der Waals surface area contributed by atoms with Crippen molar-refractivity contribution < 1.29 is 17.6 Å². The first-order valence-corrected chi connectivity index (χ1v) is 7.06. The number of hydrogen-bond acceptors (Lipinski definition) is 4. The van der Waals surface area contributed by atoms with Crippen molar-refractivity contribution in [2.45, 2.75) is 12.2 Å². The molecule has 1 aromatic carbocycles. The van der Waals surface area contributed by atoms with E-state index >= 15 is 0 Å². The van der Waals surface area contributed by atoms with Crippen LogP contribution >= 0.6 is 0 Å². The van der Waals surface area contributed by atoms with E-state index in [9.17, 15) is 13.2 Å². The van der Waals surface area contributed by atoms with Gasteiger partial charge in [-0.2, -0.15) is 0 Å². The highest BCUT2D eigenvalue weighted by molar-refractivity contribution is 7.92. The molecule has 0 saturated heterocycles. The molecule has 0 aliphatic rings. The van der Waals surface area contributed by atoms with Crippen LogP contribution in [0.15, 0.2) is 34.7 Å². The zero-order valence-corrected chi connectivity index (χ0v) is 10.3. The fraction of sp³-hybridized carbons (Fsp3) is 0.250. The Morgan fingerprint density at radius 2 is 1.94 bits per heavy atom. The van der Waals surface area contributed by atoms with E-state index in [2.05, 4.69) is 0 Å². The Hall–Kier alpha value is -1.62. The number of benzene rings is 1. The molecular weight excluding hydrogens is 240 g/mol. The molecule has 0 fully saturated rings. The average molecular weight is 252 g/mol. The Labute approximate surface area is 99.2 Å². The van der Waals surface area contributed by atoms with Gasteiger partial charge in [-0.1, -0.05) is 18.2 Å². The van der Waals surface area contributed by atoms with Crippen LogP contribution in [0.1, 0.15) is 17.5 Å². The van der Waals surface area contributed by atoms with Gasteiger partial charge in [-0.3, -0.25) is 4.79 Å². The van der Waals surface area contributed by atoms with Crippen LogP contribution in [0.25, 0.3) is 11.0 Å². The summed E-state index contributed by atoms with van der Waals surface area (Å²) in [5.74, 6) is -0.423. The molecule has 1 heterocycles. The van der Waals surface area contributed by atoms with Crippen molar-refractivity contribution in [1.29, 1.82) is 0 Å². The van der Waals surface area contributed by atoms with Crippen LogP contribution in [-0.2, 0) is 9.84 Å². The second kappa shape index (κ2) is 4.00. The molecule has 2 aromatic rings. The van der Waals surface area contributed by atoms with Crippen LogP contribution < -0.4 is 0 Å². The summed E-state index contributed by atoms with van der Waals surface area (Å²) in [5, 5.41) is -0.292. The third-order valence-corrected chi connectivity index (χ3v) is 4.18. The van der Waals surface area contributed by atoms with Gasteiger partial charge in [-0.15, -0.1) is 0 Å². The molecule has 1 atom stereocenters. The summed E-state index contributed by atoms with van der Waals surface area (Å²) in [7, 11) is -3.40. The summed E-state index contributed by atoms with van der Waals surface area (Å²) < 4.78 is 27.9. The van der Waals surface area contributed by atoms with Crippen molar-refractivity contribution >= 4 is 26.6 Å². The molecule has 0 amide bonds. The van der Waals surface area contributed by atoms with Crippen LogP contribution in [0.4, 0.5) is 0 Å². The van der Waals surface area contributed by atoms with Gasteiger partial charge in [0.05, 0.1) is 0 Å². The summed E-state index contributed by atoms with van der Waals surface area (Å²) in [4.78, 5) is 11.9. The Morgan fingerprint density at radius 1 is 1.29 bits per heavy atom. The maximum Gasteiger partial charge on any atom is 0.215 e. The maximum atomic E-state index is 11.9. The standard InChI is InChI=1S/C12H12O4S/c1-8(17(2,14)15)12(13)11-7-9-5-3-4-6-10(9)16-11/h3-8H,1-2H3. The topological polar surface area (TPSA) is 64.3 Å². The first-order valence-electron chi connectivity index (χ1n) is 5.11. The monoisotopic (exact) mass is 252 g/mol. The van der Waals surface area contributed by atoms with Gasteiger partial charge in [0.25, 0.3) is 0 Å². The van der Waals surface area contributed by atoms with Crippen LogP contribution in [-0.4, -0.2) is 25.7 Å². The SMILES string of the molecule is CC(C(=O)c1cc2ccccc2o1)S(C)(=O)=O. The molecule has 0 aliphatic heterocycles. The van der Waals surface area contributed by atoms with Crippen LogP contribution in [0.2, 0.25) is 0 Å². The molecule has 4 nitrogen and oxygen atoms in total. The van der Waals surface area contributed by atoms with Gasteiger partial charge in [0.2, 0.25) is 5.78 Å². The van der Waals surface area contributed by atoms with Gasteiger partial charge in [0.15, 0.2) is 15.6 Å². The molecule has 1 unspecified atom stereocenters. The van der Waals surface area contributed by atoms with E-state index in [-0.39, 0.29) is 5.76 Å². The van der Waals surface area contributed by atoms with Crippen LogP contribution in [0, 0.1) is 0 Å². The molecule has 0 aliphatic carbocycles. The summed E-state index contributed by atoms with van der Waals surface area (Å²) in [5.41, 5.74) is 0.580. The number of para-hydroxylation sites is 1. The molecule has 1 aromatic heterocycles. The predicted octanol–water partition coefficient (Wildman–Crippen LogP) is 2.05. The van der Waals surface area contributed by atoms with E-state index in [1.54, 1.807) is 24.3 Å². The lowest BCUT2D eigenvalue weighted by molar-refractivity contribution is 0.0967. The number of fused-ring (bicyclic) bond motifs is 1. The molecule has 5 heteroatoms. The van der Waals surface area contributed by atoms with E-state index in [0.717, 1.165) is 11.6 Å².